The maximum Gasteiger partial charge on any atom is 0.253 e. The second-order valence-corrected chi connectivity index (χ2v) is 7.60. The second kappa shape index (κ2) is 8.78. The molecule has 3 N–H and O–H groups in total. The minimum atomic E-state index is -0.207. The standard InChI is InChI=1S/C20H22N6O2S/c1-13-4-6-14(7-5-13)18-23-24-20(26(18)21)29-12-17(27)22-16-10-8-15(9-11-16)19(28)25(2)3/h4-11H,12,21H2,1-3H3,(H,22,27). The van der Waals surface area contributed by atoms with Crippen molar-refractivity contribution in [1.82, 2.24) is 19.8 Å². The first-order chi connectivity index (χ1) is 13.8. The minimum absolute atomic E-state index is 0.0925. The van der Waals surface area contributed by atoms with E-state index in [9.17, 15) is 9.59 Å². The fraction of sp³-hybridized carbons (Fsp3) is 0.200. The molecular weight excluding hydrogens is 388 g/mol. The van der Waals surface area contributed by atoms with Crippen LogP contribution in [0.15, 0.2) is 53.7 Å². The van der Waals surface area contributed by atoms with E-state index in [0.717, 1.165) is 11.1 Å². The molecule has 0 aliphatic heterocycles. The molecule has 0 unspecified atom stereocenters. The number of anilines is 1. The molecule has 0 saturated carbocycles. The van der Waals surface area contributed by atoms with Gasteiger partial charge in [0.15, 0.2) is 5.82 Å². The molecule has 1 heterocycles. The van der Waals surface area contributed by atoms with Gasteiger partial charge >= 0.3 is 0 Å². The van der Waals surface area contributed by atoms with Gasteiger partial charge in [0.2, 0.25) is 11.1 Å². The van der Waals surface area contributed by atoms with Crippen LogP contribution in [0.3, 0.4) is 0 Å². The number of hydrogen-bond acceptors (Lipinski definition) is 6. The average Bonchev–Trinajstić information content (AvgIpc) is 3.07. The summed E-state index contributed by atoms with van der Waals surface area (Å²) in [4.78, 5) is 25.6. The molecule has 3 aromatic rings. The molecule has 8 nitrogen and oxygen atoms in total. The maximum absolute atomic E-state index is 12.2. The maximum atomic E-state index is 12.2. The monoisotopic (exact) mass is 410 g/mol. The molecule has 0 aliphatic carbocycles. The molecule has 0 radical (unpaired) electrons. The predicted octanol–water partition coefficient (Wildman–Crippen LogP) is 2.40. The zero-order valence-electron chi connectivity index (χ0n) is 16.4. The summed E-state index contributed by atoms with van der Waals surface area (Å²) in [6.45, 7) is 2.00. The van der Waals surface area contributed by atoms with Gasteiger partial charge in [0.05, 0.1) is 5.75 Å². The van der Waals surface area contributed by atoms with Crippen LogP contribution >= 0.6 is 11.8 Å². The normalized spacial score (nSPS) is 10.6. The van der Waals surface area contributed by atoms with E-state index in [2.05, 4.69) is 15.5 Å². The van der Waals surface area contributed by atoms with Crippen molar-refractivity contribution in [3.63, 3.8) is 0 Å². The third-order valence-corrected chi connectivity index (χ3v) is 5.07. The number of rotatable bonds is 6. The topological polar surface area (TPSA) is 106 Å². The molecule has 0 bridgehead atoms. The van der Waals surface area contributed by atoms with Gasteiger partial charge in [-0.2, -0.15) is 0 Å². The molecule has 0 fully saturated rings. The van der Waals surface area contributed by atoms with E-state index in [4.69, 9.17) is 5.84 Å². The molecule has 150 valence electrons. The first-order valence-corrected chi connectivity index (χ1v) is 9.85. The summed E-state index contributed by atoms with van der Waals surface area (Å²) in [6, 6.07) is 14.5. The van der Waals surface area contributed by atoms with Crippen LogP contribution in [0.2, 0.25) is 0 Å². The molecule has 29 heavy (non-hydrogen) atoms. The van der Waals surface area contributed by atoms with Crippen LogP contribution < -0.4 is 11.2 Å². The lowest BCUT2D eigenvalue weighted by molar-refractivity contribution is -0.113. The SMILES string of the molecule is Cc1ccc(-c2nnc(SCC(=O)Nc3ccc(C(=O)N(C)C)cc3)n2N)cc1. The Morgan fingerprint density at radius 3 is 2.34 bits per heavy atom. The van der Waals surface area contributed by atoms with E-state index in [1.165, 1.54) is 21.3 Å². The summed E-state index contributed by atoms with van der Waals surface area (Å²) in [7, 11) is 3.38. The van der Waals surface area contributed by atoms with Crippen LogP contribution in [-0.4, -0.2) is 51.4 Å². The van der Waals surface area contributed by atoms with Gasteiger partial charge in [0.25, 0.3) is 5.91 Å². The van der Waals surface area contributed by atoms with Gasteiger partial charge < -0.3 is 16.1 Å². The van der Waals surface area contributed by atoms with Crippen molar-refractivity contribution in [1.29, 1.82) is 0 Å². The van der Waals surface area contributed by atoms with E-state index in [0.29, 0.717) is 22.2 Å². The third-order valence-electron chi connectivity index (χ3n) is 4.13. The molecule has 0 aliphatic rings. The molecule has 0 atom stereocenters. The first kappa shape index (κ1) is 20.4. The predicted molar refractivity (Wildman–Crippen MR) is 114 cm³/mol. The number of aryl methyl sites for hydroxylation is 1. The summed E-state index contributed by atoms with van der Waals surface area (Å²) in [5.41, 5.74) is 3.17. The molecule has 0 spiro atoms. The van der Waals surface area contributed by atoms with Crippen molar-refractivity contribution in [3.05, 3.63) is 59.7 Å². The van der Waals surface area contributed by atoms with Crippen molar-refractivity contribution in [2.45, 2.75) is 12.1 Å². The van der Waals surface area contributed by atoms with Crippen molar-refractivity contribution >= 4 is 29.3 Å². The number of benzene rings is 2. The highest BCUT2D eigenvalue weighted by Gasteiger charge is 2.14. The lowest BCUT2D eigenvalue weighted by Crippen LogP contribution is -2.21. The molecular formula is C20H22N6O2S. The van der Waals surface area contributed by atoms with Crippen LogP contribution in [-0.2, 0) is 4.79 Å². The zero-order valence-corrected chi connectivity index (χ0v) is 17.2. The van der Waals surface area contributed by atoms with Gasteiger partial charge in [0, 0.05) is 30.9 Å². The lowest BCUT2D eigenvalue weighted by atomic mass is 10.1. The van der Waals surface area contributed by atoms with E-state index < -0.39 is 0 Å². The van der Waals surface area contributed by atoms with Crippen molar-refractivity contribution < 1.29 is 9.59 Å². The van der Waals surface area contributed by atoms with Crippen molar-refractivity contribution in [2.24, 2.45) is 0 Å². The Hall–Kier alpha value is -3.33. The molecule has 0 saturated heterocycles. The van der Waals surface area contributed by atoms with Crippen LogP contribution in [0, 0.1) is 6.92 Å². The lowest BCUT2D eigenvalue weighted by Gasteiger charge is -2.11. The highest BCUT2D eigenvalue weighted by Crippen LogP contribution is 2.22. The fourth-order valence-electron chi connectivity index (χ4n) is 2.56. The van der Waals surface area contributed by atoms with E-state index in [1.807, 2.05) is 31.2 Å². The Kier molecular flexibility index (Phi) is 6.18. The van der Waals surface area contributed by atoms with Crippen LogP contribution in [0.25, 0.3) is 11.4 Å². The number of nitrogens with two attached hydrogens (primary N) is 1. The zero-order chi connectivity index (χ0) is 21.0. The number of aromatic nitrogens is 3. The van der Waals surface area contributed by atoms with Gasteiger partial charge in [-0.3, -0.25) is 9.59 Å². The Balaban J connectivity index is 1.58. The number of carbonyl (C=O) groups excluding carboxylic acids is 2. The average molecular weight is 411 g/mol. The number of nitrogen functional groups attached to an aromatic ring is 1. The highest BCUT2D eigenvalue weighted by atomic mass is 32.2. The summed E-state index contributed by atoms with van der Waals surface area (Å²) < 4.78 is 1.38. The number of thioether (sulfide) groups is 1. The number of hydrogen-bond donors (Lipinski definition) is 2. The summed E-state index contributed by atoms with van der Waals surface area (Å²) in [5, 5.41) is 11.4. The number of carbonyl (C=O) groups is 2. The van der Waals surface area contributed by atoms with Crippen LogP contribution in [0.1, 0.15) is 15.9 Å². The Morgan fingerprint density at radius 2 is 1.72 bits per heavy atom. The van der Waals surface area contributed by atoms with E-state index in [-0.39, 0.29) is 17.6 Å². The second-order valence-electron chi connectivity index (χ2n) is 6.66. The first-order valence-electron chi connectivity index (χ1n) is 8.87. The van der Waals surface area contributed by atoms with Gasteiger partial charge in [-0.05, 0) is 31.2 Å². The van der Waals surface area contributed by atoms with E-state index >= 15 is 0 Å². The van der Waals surface area contributed by atoms with E-state index in [1.54, 1.807) is 38.4 Å². The number of nitrogens with zero attached hydrogens (tertiary/aromatic N) is 4. The molecule has 2 aromatic carbocycles. The smallest absolute Gasteiger partial charge is 0.253 e. The van der Waals surface area contributed by atoms with Crippen molar-refractivity contribution in [3.8, 4) is 11.4 Å². The van der Waals surface area contributed by atoms with Gasteiger partial charge in [0.1, 0.15) is 0 Å². The fourth-order valence-corrected chi connectivity index (χ4v) is 3.21. The summed E-state index contributed by atoms with van der Waals surface area (Å²) in [6.07, 6.45) is 0. The van der Waals surface area contributed by atoms with Crippen molar-refractivity contribution in [2.75, 3.05) is 31.0 Å². The number of nitrogens with one attached hydrogen (secondary N) is 1. The Bertz CT molecular complexity index is 1010. The Labute approximate surface area is 173 Å². The van der Waals surface area contributed by atoms with Crippen LogP contribution in [0.5, 0.6) is 0 Å². The summed E-state index contributed by atoms with van der Waals surface area (Å²) >= 11 is 1.20. The molecule has 9 heteroatoms. The molecule has 3 rings (SSSR count). The number of amides is 2. The highest BCUT2D eigenvalue weighted by molar-refractivity contribution is 7.99. The molecule has 2 amide bonds. The van der Waals surface area contributed by atoms with Crippen LogP contribution in [0.4, 0.5) is 5.69 Å². The molecule has 1 aromatic heterocycles. The quantitative estimate of drug-likeness (QED) is 0.477. The largest absolute Gasteiger partial charge is 0.345 e. The third kappa shape index (κ3) is 4.94. The minimum Gasteiger partial charge on any atom is -0.345 e. The van der Waals surface area contributed by atoms with Gasteiger partial charge in [-0.1, -0.05) is 41.6 Å². The summed E-state index contributed by atoms with van der Waals surface area (Å²) in [5.74, 6) is 6.45. The Morgan fingerprint density at radius 1 is 1.07 bits per heavy atom. The van der Waals surface area contributed by atoms with Gasteiger partial charge in [-0.15, -0.1) is 10.2 Å². The van der Waals surface area contributed by atoms with Gasteiger partial charge in [-0.25, -0.2) is 4.68 Å².